The number of aryl methyl sites for hydroxylation is 1. The molecule has 0 atom stereocenters. The first-order valence-electron chi connectivity index (χ1n) is 6.92. The van der Waals surface area contributed by atoms with E-state index in [0.29, 0.717) is 29.9 Å². The Morgan fingerprint density at radius 1 is 1.42 bits per heavy atom. The van der Waals surface area contributed by atoms with Gasteiger partial charge < -0.3 is 27.7 Å². The summed E-state index contributed by atoms with van der Waals surface area (Å²) < 4.78 is 11.8. The molecule has 0 saturated heterocycles. The highest BCUT2D eigenvalue weighted by Gasteiger charge is 2.08. The van der Waals surface area contributed by atoms with Crippen LogP contribution in [0.4, 0.5) is 5.95 Å². The topological polar surface area (TPSA) is 117 Å². The van der Waals surface area contributed by atoms with Crippen molar-refractivity contribution in [2.45, 2.75) is 20.8 Å². The molecule has 0 amide bonds. The van der Waals surface area contributed by atoms with Crippen LogP contribution in [0.15, 0.2) is 23.3 Å². The Morgan fingerprint density at radius 3 is 2.75 bits per heavy atom. The van der Waals surface area contributed by atoms with E-state index in [1.54, 1.807) is 31.3 Å². The summed E-state index contributed by atoms with van der Waals surface area (Å²) in [6, 6.07) is 5.10. The number of nitrogen functional groups attached to an aromatic ring is 1. The Kier molecular flexibility index (Phi) is 6.99. The number of nitrogens with two attached hydrogens (primary N) is 1. The third-order valence-electron chi connectivity index (χ3n) is 2.77. The zero-order valence-electron chi connectivity index (χ0n) is 13.5. The van der Waals surface area contributed by atoms with Gasteiger partial charge in [0.1, 0.15) is 0 Å². The van der Waals surface area contributed by atoms with Gasteiger partial charge in [0.25, 0.3) is 5.95 Å². The quantitative estimate of drug-likeness (QED) is 0.204. The first-order chi connectivity index (χ1) is 11.0. The maximum absolute atomic E-state index is 11.1. The van der Waals surface area contributed by atoms with E-state index in [9.17, 15) is 4.79 Å². The fourth-order valence-corrected chi connectivity index (χ4v) is 1.72. The molecular weight excluding hydrogens is 336 g/mol. The van der Waals surface area contributed by atoms with Crippen LogP contribution in [0.1, 0.15) is 25.2 Å². The van der Waals surface area contributed by atoms with Crippen LogP contribution in [0.3, 0.4) is 0 Å². The third kappa shape index (κ3) is 4.85. The normalized spacial score (nSPS) is 10.3. The van der Waals surface area contributed by atoms with E-state index in [-0.39, 0.29) is 12.4 Å². The van der Waals surface area contributed by atoms with Gasteiger partial charge in [-0.3, -0.25) is 4.79 Å². The summed E-state index contributed by atoms with van der Waals surface area (Å²) in [5.41, 5.74) is 3.44. The van der Waals surface area contributed by atoms with Gasteiger partial charge in [0.15, 0.2) is 17.3 Å². The summed E-state index contributed by atoms with van der Waals surface area (Å²) in [4.78, 5) is 11.1. The summed E-state index contributed by atoms with van der Waals surface area (Å²) in [7, 11) is 0. The second-order valence-electron chi connectivity index (χ2n) is 4.54. The molecule has 130 valence electrons. The van der Waals surface area contributed by atoms with Gasteiger partial charge >= 0.3 is 5.97 Å². The van der Waals surface area contributed by atoms with Crippen molar-refractivity contribution in [3.8, 4) is 11.5 Å². The second-order valence-corrected chi connectivity index (χ2v) is 4.54. The van der Waals surface area contributed by atoms with Crippen molar-refractivity contribution >= 4 is 18.1 Å². The van der Waals surface area contributed by atoms with Crippen molar-refractivity contribution in [2.24, 2.45) is 5.10 Å². The number of nitrogens with one attached hydrogen (secondary N) is 1. The van der Waals surface area contributed by atoms with Gasteiger partial charge in [0, 0.05) is 6.92 Å². The van der Waals surface area contributed by atoms with Crippen molar-refractivity contribution in [2.75, 3.05) is 17.9 Å². The number of hydrogen-bond donors (Lipinski definition) is 2. The van der Waals surface area contributed by atoms with E-state index in [1.165, 1.54) is 11.6 Å². The monoisotopic (exact) mass is 353 g/mol. The van der Waals surface area contributed by atoms with E-state index >= 15 is 0 Å². The van der Waals surface area contributed by atoms with Crippen LogP contribution < -0.4 is 33.1 Å². The number of hydrazone groups is 1. The van der Waals surface area contributed by atoms with Crippen LogP contribution in [-0.2, 0) is 4.79 Å². The number of nitrogens with zero attached hydrogens (tertiary/aromatic N) is 4. The molecular formula is C14H18ClN6O3-. The van der Waals surface area contributed by atoms with Gasteiger partial charge in [-0.05, 0) is 37.6 Å². The highest BCUT2D eigenvalue weighted by molar-refractivity contribution is 5.82. The van der Waals surface area contributed by atoms with Crippen molar-refractivity contribution < 1.29 is 26.7 Å². The molecule has 24 heavy (non-hydrogen) atoms. The van der Waals surface area contributed by atoms with Gasteiger partial charge in [-0.1, -0.05) is 0 Å². The van der Waals surface area contributed by atoms with Gasteiger partial charge in [-0.25, -0.2) is 10.1 Å². The Morgan fingerprint density at radius 2 is 2.17 bits per heavy atom. The maximum atomic E-state index is 11.1. The van der Waals surface area contributed by atoms with Crippen molar-refractivity contribution in [1.29, 1.82) is 0 Å². The number of esters is 1. The standard InChI is InChI=1S/C14H18N6O3.ClH/c1-4-22-13-7-11(5-6-12(13)23-10(3)21)8-16-18-14-19-17-9(2)20(14)15;/h5-8H,4,15H2,1-3H3,(H,18,19);1H/p-1. The first-order valence-corrected chi connectivity index (χ1v) is 6.92. The minimum atomic E-state index is -0.410. The third-order valence-corrected chi connectivity index (χ3v) is 2.77. The van der Waals surface area contributed by atoms with E-state index in [2.05, 4.69) is 20.7 Å². The van der Waals surface area contributed by atoms with Gasteiger partial charge in [-0.2, -0.15) is 5.10 Å². The van der Waals surface area contributed by atoms with Crippen molar-refractivity contribution in [3.05, 3.63) is 29.6 Å². The number of halogens is 1. The number of carbonyl (C=O) groups excluding carboxylic acids is 1. The number of rotatable bonds is 6. The van der Waals surface area contributed by atoms with Crippen LogP contribution in [0.2, 0.25) is 0 Å². The number of carbonyl (C=O) groups is 1. The van der Waals surface area contributed by atoms with Crippen LogP contribution in [0.25, 0.3) is 0 Å². The summed E-state index contributed by atoms with van der Waals surface area (Å²) in [5.74, 6) is 7.00. The molecule has 2 aromatic rings. The lowest BCUT2D eigenvalue weighted by Gasteiger charge is -2.10. The minimum absolute atomic E-state index is 0. The zero-order chi connectivity index (χ0) is 16.8. The van der Waals surface area contributed by atoms with Gasteiger partial charge in [0.2, 0.25) is 0 Å². The lowest BCUT2D eigenvalue weighted by molar-refractivity contribution is -0.132. The molecule has 0 unspecified atom stereocenters. The highest BCUT2D eigenvalue weighted by atomic mass is 35.5. The van der Waals surface area contributed by atoms with E-state index < -0.39 is 5.97 Å². The second kappa shape index (κ2) is 8.73. The molecule has 0 aliphatic carbocycles. The molecule has 2 rings (SSSR count). The maximum Gasteiger partial charge on any atom is 0.308 e. The average molecular weight is 354 g/mol. The number of ether oxygens (including phenoxy) is 2. The summed E-state index contributed by atoms with van der Waals surface area (Å²) >= 11 is 0. The molecule has 1 heterocycles. The summed E-state index contributed by atoms with van der Waals surface area (Å²) in [6.07, 6.45) is 1.56. The molecule has 0 fully saturated rings. The molecule has 9 nitrogen and oxygen atoms in total. The molecule has 1 aromatic heterocycles. The molecule has 0 spiro atoms. The Balaban J connectivity index is 0.00000288. The molecule has 0 bridgehead atoms. The molecule has 1 aromatic carbocycles. The predicted octanol–water partition coefficient (Wildman–Crippen LogP) is -1.93. The molecule has 0 aliphatic rings. The van der Waals surface area contributed by atoms with Crippen LogP contribution in [0.5, 0.6) is 11.5 Å². The van der Waals surface area contributed by atoms with Crippen molar-refractivity contribution in [1.82, 2.24) is 14.9 Å². The average Bonchev–Trinajstić information content (AvgIpc) is 2.82. The Bertz CT molecular complexity index is 731. The van der Waals surface area contributed by atoms with E-state index in [4.69, 9.17) is 15.3 Å². The summed E-state index contributed by atoms with van der Waals surface area (Å²) in [6.45, 7) is 5.35. The van der Waals surface area contributed by atoms with Crippen LogP contribution in [0, 0.1) is 6.92 Å². The molecule has 0 radical (unpaired) electrons. The Hall–Kier alpha value is -2.81. The highest BCUT2D eigenvalue weighted by Crippen LogP contribution is 2.28. The van der Waals surface area contributed by atoms with E-state index in [0.717, 1.165) is 5.56 Å². The lowest BCUT2D eigenvalue weighted by Crippen LogP contribution is -3.00. The molecule has 10 heteroatoms. The predicted molar refractivity (Wildman–Crippen MR) is 85.0 cm³/mol. The summed E-state index contributed by atoms with van der Waals surface area (Å²) in [5, 5.41) is 11.7. The first kappa shape index (κ1) is 19.2. The van der Waals surface area contributed by atoms with Crippen LogP contribution >= 0.6 is 0 Å². The van der Waals surface area contributed by atoms with Crippen molar-refractivity contribution in [3.63, 3.8) is 0 Å². The lowest BCUT2D eigenvalue weighted by atomic mass is 10.2. The zero-order valence-corrected chi connectivity index (χ0v) is 14.2. The molecule has 0 aliphatic heterocycles. The fourth-order valence-electron chi connectivity index (χ4n) is 1.72. The van der Waals surface area contributed by atoms with Gasteiger partial charge in [-0.15, -0.1) is 10.2 Å². The number of anilines is 1. The molecule has 3 N–H and O–H groups in total. The number of benzene rings is 1. The SMILES string of the molecule is CCOc1cc(C=NNc2nnc(C)n2N)ccc1OC(C)=O.[Cl-]. The van der Waals surface area contributed by atoms with Gasteiger partial charge in [0.05, 0.1) is 12.8 Å². The number of hydrogen-bond acceptors (Lipinski definition) is 8. The Labute approximate surface area is 145 Å². The minimum Gasteiger partial charge on any atom is -1.00 e. The number of aromatic nitrogens is 3. The largest absolute Gasteiger partial charge is 1.00 e. The molecule has 0 saturated carbocycles. The smallest absolute Gasteiger partial charge is 0.308 e. The fraction of sp³-hybridized carbons (Fsp3) is 0.286. The van der Waals surface area contributed by atoms with E-state index in [1.807, 2.05) is 6.92 Å². The van der Waals surface area contributed by atoms with Crippen LogP contribution in [-0.4, -0.2) is 33.7 Å².